The van der Waals surface area contributed by atoms with E-state index in [0.29, 0.717) is 6.54 Å². The Morgan fingerprint density at radius 2 is 2.12 bits per heavy atom. The van der Waals surface area contributed by atoms with Gasteiger partial charge in [0.25, 0.3) is 0 Å². The summed E-state index contributed by atoms with van der Waals surface area (Å²) in [7, 11) is 1.84. The van der Waals surface area contributed by atoms with Crippen LogP contribution in [0.3, 0.4) is 0 Å². The van der Waals surface area contributed by atoms with Crippen LogP contribution in [0, 0.1) is 11.2 Å². The highest BCUT2D eigenvalue weighted by molar-refractivity contribution is 5.83. The van der Waals surface area contributed by atoms with Crippen LogP contribution in [-0.2, 0) is 11.3 Å². The van der Waals surface area contributed by atoms with Crippen LogP contribution in [-0.4, -0.2) is 48.5 Å². The Labute approximate surface area is 147 Å². The summed E-state index contributed by atoms with van der Waals surface area (Å²) in [5, 5.41) is 7.67. The minimum Gasteiger partial charge on any atom is -0.357 e. The van der Waals surface area contributed by atoms with E-state index in [1.54, 1.807) is 11.0 Å². The molecule has 2 aliphatic heterocycles. The lowest BCUT2D eigenvalue weighted by atomic mass is 9.77. The minimum atomic E-state index is -0.245. The summed E-state index contributed by atoms with van der Waals surface area (Å²) in [4.78, 5) is 17.8. The van der Waals surface area contributed by atoms with Gasteiger partial charge in [0.1, 0.15) is 5.82 Å². The summed E-state index contributed by atoms with van der Waals surface area (Å²) in [6.07, 6.45) is 3.21. The second-order valence-electron chi connectivity index (χ2n) is 7.61. The Morgan fingerprint density at radius 3 is 2.92 bits per heavy atom. The lowest BCUT2D eigenvalue weighted by Gasteiger charge is -2.33. The van der Waals surface area contributed by atoms with E-state index in [-0.39, 0.29) is 23.2 Å². The van der Waals surface area contributed by atoms with Gasteiger partial charge in [-0.25, -0.2) is 4.39 Å². The highest BCUT2D eigenvalue weighted by Gasteiger charge is 2.42. The lowest BCUT2D eigenvalue weighted by molar-refractivity contribution is -0.132. The molecule has 2 aromatic rings. The van der Waals surface area contributed by atoms with Crippen LogP contribution < -0.4 is 10.6 Å². The van der Waals surface area contributed by atoms with Crippen LogP contribution in [0.4, 0.5) is 4.39 Å². The van der Waals surface area contributed by atoms with Gasteiger partial charge in [0.2, 0.25) is 5.91 Å². The number of piperidine rings is 1. The number of carbonyl (C=O) groups excluding carboxylic acids is 1. The third-order valence-electron chi connectivity index (χ3n) is 5.75. The first-order valence-electron chi connectivity index (χ1n) is 9.01. The number of aromatic nitrogens is 1. The van der Waals surface area contributed by atoms with Gasteiger partial charge in [-0.05, 0) is 62.0 Å². The zero-order chi connectivity index (χ0) is 17.4. The minimum absolute atomic E-state index is 0.0927. The SMILES string of the molecule is CN(Cc1cc2cc(F)ccc2[nH]1)C(=O)C1CC2(CCNCC2)CN1. The Balaban J connectivity index is 1.41. The third kappa shape index (κ3) is 3.28. The van der Waals surface area contributed by atoms with Gasteiger partial charge in [0.15, 0.2) is 0 Å². The van der Waals surface area contributed by atoms with Crippen molar-refractivity contribution in [3.8, 4) is 0 Å². The Hall–Kier alpha value is -1.92. The molecule has 1 unspecified atom stereocenters. The molecule has 3 heterocycles. The number of nitrogens with one attached hydrogen (secondary N) is 3. The van der Waals surface area contributed by atoms with Crippen molar-refractivity contribution in [2.24, 2.45) is 5.41 Å². The summed E-state index contributed by atoms with van der Waals surface area (Å²) in [6.45, 7) is 3.53. The lowest BCUT2D eigenvalue weighted by Crippen LogP contribution is -2.41. The second kappa shape index (κ2) is 6.42. The zero-order valence-corrected chi connectivity index (χ0v) is 14.6. The number of carbonyl (C=O) groups is 1. The molecular formula is C19H25FN4O. The topological polar surface area (TPSA) is 60.2 Å². The number of H-pyrrole nitrogens is 1. The molecule has 2 aliphatic rings. The molecule has 1 aromatic carbocycles. The molecule has 0 aliphatic carbocycles. The van der Waals surface area contributed by atoms with Crippen LogP contribution in [0.2, 0.25) is 0 Å². The van der Waals surface area contributed by atoms with Crippen LogP contribution in [0.1, 0.15) is 25.0 Å². The van der Waals surface area contributed by atoms with E-state index >= 15 is 0 Å². The van der Waals surface area contributed by atoms with Gasteiger partial charge in [-0.1, -0.05) is 0 Å². The van der Waals surface area contributed by atoms with E-state index < -0.39 is 0 Å². The maximum atomic E-state index is 13.3. The Morgan fingerprint density at radius 1 is 1.32 bits per heavy atom. The number of nitrogens with zero attached hydrogens (tertiary/aromatic N) is 1. The molecule has 0 radical (unpaired) electrons. The Kier molecular flexibility index (Phi) is 4.25. The number of hydrogen-bond donors (Lipinski definition) is 3. The fourth-order valence-electron chi connectivity index (χ4n) is 4.28. The molecule has 5 nitrogen and oxygen atoms in total. The van der Waals surface area contributed by atoms with Gasteiger partial charge in [-0.2, -0.15) is 0 Å². The quantitative estimate of drug-likeness (QED) is 0.798. The maximum absolute atomic E-state index is 13.3. The number of fused-ring (bicyclic) bond motifs is 1. The molecule has 4 rings (SSSR count). The van der Waals surface area contributed by atoms with Crippen molar-refractivity contribution >= 4 is 16.8 Å². The maximum Gasteiger partial charge on any atom is 0.239 e. The van der Waals surface area contributed by atoms with Gasteiger partial charge < -0.3 is 20.5 Å². The monoisotopic (exact) mass is 344 g/mol. The van der Waals surface area contributed by atoms with Gasteiger partial charge in [0, 0.05) is 30.2 Å². The number of amides is 1. The number of likely N-dealkylation sites (N-methyl/N-ethyl adjacent to an activating group) is 1. The van der Waals surface area contributed by atoms with Crippen molar-refractivity contribution < 1.29 is 9.18 Å². The molecule has 2 saturated heterocycles. The highest BCUT2D eigenvalue weighted by Crippen LogP contribution is 2.37. The second-order valence-corrected chi connectivity index (χ2v) is 7.61. The normalized spacial score (nSPS) is 22.6. The molecule has 25 heavy (non-hydrogen) atoms. The number of hydrogen-bond acceptors (Lipinski definition) is 3. The average Bonchev–Trinajstić information content (AvgIpc) is 3.18. The number of halogens is 1. The Bertz CT molecular complexity index is 781. The molecule has 0 bridgehead atoms. The summed E-state index contributed by atoms with van der Waals surface area (Å²) < 4.78 is 13.3. The van der Waals surface area contributed by atoms with Crippen molar-refractivity contribution in [3.05, 3.63) is 35.8 Å². The molecule has 1 spiro atoms. The van der Waals surface area contributed by atoms with Gasteiger partial charge >= 0.3 is 0 Å². The fraction of sp³-hybridized carbons (Fsp3) is 0.526. The first-order valence-corrected chi connectivity index (χ1v) is 9.01. The molecule has 134 valence electrons. The average molecular weight is 344 g/mol. The van der Waals surface area contributed by atoms with E-state index in [1.807, 2.05) is 13.1 Å². The first kappa shape index (κ1) is 16.5. The molecule has 0 saturated carbocycles. The molecule has 1 aromatic heterocycles. The standard InChI is InChI=1S/C19H25FN4O/c1-24(11-15-9-13-8-14(20)2-3-16(13)23-15)18(25)17-10-19(12-22-17)4-6-21-7-5-19/h2-3,8-9,17,21-23H,4-7,10-12H2,1H3. The van der Waals surface area contributed by atoms with Crippen molar-refractivity contribution in [3.63, 3.8) is 0 Å². The summed E-state index contributed by atoms with van der Waals surface area (Å²) >= 11 is 0. The third-order valence-corrected chi connectivity index (χ3v) is 5.75. The van der Waals surface area contributed by atoms with E-state index in [4.69, 9.17) is 0 Å². The van der Waals surface area contributed by atoms with Gasteiger partial charge in [0.05, 0.1) is 12.6 Å². The van der Waals surface area contributed by atoms with Crippen LogP contribution >= 0.6 is 0 Å². The summed E-state index contributed by atoms with van der Waals surface area (Å²) in [5.74, 6) is -0.106. The largest absolute Gasteiger partial charge is 0.357 e. The van der Waals surface area contributed by atoms with E-state index in [2.05, 4.69) is 15.6 Å². The predicted molar refractivity (Wildman–Crippen MR) is 95.7 cm³/mol. The van der Waals surface area contributed by atoms with Crippen LogP contribution in [0.25, 0.3) is 10.9 Å². The van der Waals surface area contributed by atoms with Crippen molar-refractivity contribution in [1.29, 1.82) is 0 Å². The number of rotatable bonds is 3. The zero-order valence-electron chi connectivity index (χ0n) is 14.6. The van der Waals surface area contributed by atoms with Gasteiger partial charge in [-0.3, -0.25) is 4.79 Å². The number of benzene rings is 1. The van der Waals surface area contributed by atoms with Crippen molar-refractivity contribution in [1.82, 2.24) is 20.5 Å². The molecule has 1 amide bonds. The smallest absolute Gasteiger partial charge is 0.239 e. The molecule has 1 atom stereocenters. The predicted octanol–water partition coefficient (Wildman–Crippen LogP) is 2.00. The highest BCUT2D eigenvalue weighted by atomic mass is 19.1. The summed E-state index contributed by atoms with van der Waals surface area (Å²) in [6, 6.07) is 6.51. The molecule has 2 fully saturated rings. The van der Waals surface area contributed by atoms with Crippen LogP contribution in [0.5, 0.6) is 0 Å². The molecule has 6 heteroatoms. The van der Waals surface area contributed by atoms with Crippen LogP contribution in [0.15, 0.2) is 24.3 Å². The van der Waals surface area contributed by atoms with Crippen molar-refractivity contribution in [2.75, 3.05) is 26.7 Å². The number of aromatic amines is 1. The van der Waals surface area contributed by atoms with E-state index in [1.165, 1.54) is 12.1 Å². The van der Waals surface area contributed by atoms with Gasteiger partial charge in [-0.15, -0.1) is 0 Å². The first-order chi connectivity index (χ1) is 12.0. The fourth-order valence-corrected chi connectivity index (χ4v) is 4.28. The van der Waals surface area contributed by atoms with Crippen molar-refractivity contribution in [2.45, 2.75) is 31.8 Å². The van der Waals surface area contributed by atoms with E-state index in [0.717, 1.165) is 55.5 Å². The molecular weight excluding hydrogens is 319 g/mol. The molecule has 3 N–H and O–H groups in total. The summed E-state index contributed by atoms with van der Waals surface area (Å²) in [5.41, 5.74) is 2.10. The van der Waals surface area contributed by atoms with E-state index in [9.17, 15) is 9.18 Å².